The highest BCUT2D eigenvalue weighted by atomic mass is 19.1. The molecular formula is C22H28F2N2O5. The summed E-state index contributed by atoms with van der Waals surface area (Å²) in [4.78, 5) is 29.2. The molecule has 0 aliphatic carbocycles. The van der Waals surface area contributed by atoms with E-state index in [9.17, 15) is 23.5 Å². The molecule has 3 aliphatic rings. The van der Waals surface area contributed by atoms with Gasteiger partial charge in [-0.25, -0.2) is 8.78 Å². The molecule has 31 heavy (non-hydrogen) atoms. The number of hydrogen-bond donors (Lipinski definition) is 1. The highest BCUT2D eigenvalue weighted by Crippen LogP contribution is 2.43. The Balaban J connectivity index is 1.35. The SMILES string of the molecule is COc1c(F)cc(C(=O)N2CCC3(CC2)CC(CN2CCC(O)CC2)OC3=O)cc1F. The summed E-state index contributed by atoms with van der Waals surface area (Å²) in [5, 5.41) is 9.65. The van der Waals surface area contributed by atoms with Crippen LogP contribution >= 0.6 is 0 Å². The minimum atomic E-state index is -0.924. The second-order valence-corrected chi connectivity index (χ2v) is 8.81. The number of cyclic esters (lactones) is 1. The van der Waals surface area contributed by atoms with Crippen LogP contribution in [0.4, 0.5) is 8.78 Å². The van der Waals surface area contributed by atoms with Crippen molar-refractivity contribution in [3.05, 3.63) is 29.3 Å². The largest absolute Gasteiger partial charge is 0.491 e. The number of halogens is 2. The minimum Gasteiger partial charge on any atom is -0.491 e. The maximum Gasteiger partial charge on any atom is 0.312 e. The Bertz CT molecular complexity index is 825. The second kappa shape index (κ2) is 8.70. The zero-order valence-corrected chi connectivity index (χ0v) is 17.6. The summed E-state index contributed by atoms with van der Waals surface area (Å²) in [6.45, 7) is 2.89. The summed E-state index contributed by atoms with van der Waals surface area (Å²) < 4.78 is 38.3. The van der Waals surface area contributed by atoms with E-state index >= 15 is 0 Å². The summed E-state index contributed by atoms with van der Waals surface area (Å²) in [5.41, 5.74) is -0.682. The van der Waals surface area contributed by atoms with Crippen LogP contribution in [0.2, 0.25) is 0 Å². The molecule has 3 heterocycles. The van der Waals surface area contributed by atoms with E-state index in [0.717, 1.165) is 45.2 Å². The van der Waals surface area contributed by atoms with Crippen molar-refractivity contribution < 1.29 is 33.0 Å². The molecular weight excluding hydrogens is 410 g/mol. The lowest BCUT2D eigenvalue weighted by molar-refractivity contribution is -0.151. The van der Waals surface area contributed by atoms with Gasteiger partial charge in [0.2, 0.25) is 0 Å². The number of ether oxygens (including phenoxy) is 2. The molecule has 170 valence electrons. The van der Waals surface area contributed by atoms with E-state index in [1.54, 1.807) is 0 Å². The zero-order valence-electron chi connectivity index (χ0n) is 17.6. The van der Waals surface area contributed by atoms with Crippen LogP contribution in [0.5, 0.6) is 5.75 Å². The van der Waals surface area contributed by atoms with Crippen molar-refractivity contribution in [2.45, 2.75) is 44.3 Å². The Hall–Kier alpha value is -2.26. The highest BCUT2D eigenvalue weighted by molar-refractivity contribution is 5.94. The topological polar surface area (TPSA) is 79.3 Å². The minimum absolute atomic E-state index is 0.0779. The normalized spacial score (nSPS) is 24.5. The van der Waals surface area contributed by atoms with Crippen LogP contribution in [0.25, 0.3) is 0 Å². The van der Waals surface area contributed by atoms with E-state index in [2.05, 4.69) is 9.64 Å². The third kappa shape index (κ3) is 4.39. The third-order valence-corrected chi connectivity index (χ3v) is 6.80. The van der Waals surface area contributed by atoms with Gasteiger partial charge < -0.3 is 19.5 Å². The molecule has 1 unspecified atom stereocenters. The van der Waals surface area contributed by atoms with Gasteiger partial charge in [0.15, 0.2) is 17.4 Å². The summed E-state index contributed by atoms with van der Waals surface area (Å²) in [5.74, 6) is -3.05. The Morgan fingerprint density at radius 1 is 1.19 bits per heavy atom. The fourth-order valence-electron chi connectivity index (χ4n) is 4.94. The number of carbonyl (C=O) groups excluding carboxylic acids is 2. The molecule has 1 aromatic carbocycles. The number of amides is 1. The molecule has 9 heteroatoms. The number of aliphatic hydroxyl groups excluding tert-OH is 1. The Kier molecular flexibility index (Phi) is 6.16. The van der Waals surface area contributed by atoms with Crippen LogP contribution in [-0.2, 0) is 9.53 Å². The van der Waals surface area contributed by atoms with E-state index in [-0.39, 0.29) is 23.7 Å². The maximum absolute atomic E-state index is 14.0. The van der Waals surface area contributed by atoms with Crippen LogP contribution in [0.3, 0.4) is 0 Å². The first-order valence-corrected chi connectivity index (χ1v) is 10.7. The predicted octanol–water partition coefficient (Wildman–Crippen LogP) is 1.97. The third-order valence-electron chi connectivity index (χ3n) is 6.80. The van der Waals surface area contributed by atoms with Gasteiger partial charge in [0.05, 0.1) is 18.6 Å². The second-order valence-electron chi connectivity index (χ2n) is 8.81. The van der Waals surface area contributed by atoms with Crippen molar-refractivity contribution in [3.63, 3.8) is 0 Å². The molecule has 1 spiro atoms. The lowest BCUT2D eigenvalue weighted by Gasteiger charge is -2.36. The van der Waals surface area contributed by atoms with Gasteiger partial charge in [0.25, 0.3) is 5.91 Å². The summed E-state index contributed by atoms with van der Waals surface area (Å²) in [6, 6.07) is 1.95. The molecule has 0 saturated carbocycles. The maximum atomic E-state index is 14.0. The first-order chi connectivity index (χ1) is 14.8. The number of carbonyl (C=O) groups is 2. The quantitative estimate of drug-likeness (QED) is 0.725. The van der Waals surface area contributed by atoms with Crippen molar-refractivity contribution >= 4 is 11.9 Å². The molecule has 1 atom stereocenters. The van der Waals surface area contributed by atoms with Gasteiger partial charge >= 0.3 is 5.97 Å². The number of nitrogens with zero attached hydrogens (tertiary/aromatic N) is 2. The first-order valence-electron chi connectivity index (χ1n) is 10.7. The standard InChI is InChI=1S/C22H28F2N2O5/c1-30-19-17(23)10-14(11-18(19)24)20(28)26-8-4-22(5-9-26)12-16(31-21(22)29)13-25-6-2-15(27)3-7-25/h10-11,15-16,27H,2-9,12-13H2,1H3. The Morgan fingerprint density at radius 3 is 2.39 bits per heavy atom. The van der Waals surface area contributed by atoms with Gasteiger partial charge in [-0.1, -0.05) is 0 Å². The molecule has 0 aromatic heterocycles. The van der Waals surface area contributed by atoms with Crippen molar-refractivity contribution in [2.75, 3.05) is 39.8 Å². The number of esters is 1. The molecule has 3 fully saturated rings. The number of benzene rings is 1. The summed E-state index contributed by atoms with van der Waals surface area (Å²) in [6.07, 6.45) is 2.57. The molecule has 0 bridgehead atoms. The fourth-order valence-corrected chi connectivity index (χ4v) is 4.94. The van der Waals surface area contributed by atoms with Gasteiger partial charge in [0.1, 0.15) is 6.10 Å². The van der Waals surface area contributed by atoms with Crippen molar-refractivity contribution in [1.82, 2.24) is 9.80 Å². The van der Waals surface area contributed by atoms with Crippen LogP contribution in [0.1, 0.15) is 42.5 Å². The lowest BCUT2D eigenvalue weighted by atomic mass is 9.76. The zero-order chi connectivity index (χ0) is 22.2. The first kappa shape index (κ1) is 22.0. The van der Waals surface area contributed by atoms with Gasteiger partial charge in [0, 0.05) is 44.7 Å². The molecule has 4 rings (SSSR count). The molecule has 1 aromatic rings. The van der Waals surface area contributed by atoms with Gasteiger partial charge in [-0.3, -0.25) is 14.5 Å². The van der Waals surface area contributed by atoms with Crippen LogP contribution in [0.15, 0.2) is 12.1 Å². The summed E-state index contributed by atoms with van der Waals surface area (Å²) >= 11 is 0. The number of methoxy groups -OCH3 is 1. The van der Waals surface area contributed by atoms with E-state index in [1.807, 2.05) is 0 Å². The summed E-state index contributed by atoms with van der Waals surface area (Å²) in [7, 11) is 1.16. The van der Waals surface area contributed by atoms with E-state index in [0.29, 0.717) is 38.9 Å². The lowest BCUT2D eigenvalue weighted by Crippen LogP contribution is -2.45. The smallest absolute Gasteiger partial charge is 0.312 e. The average Bonchev–Trinajstić information content (AvgIpc) is 3.04. The number of piperidine rings is 2. The van der Waals surface area contributed by atoms with Crippen molar-refractivity contribution in [2.24, 2.45) is 5.41 Å². The Labute approximate surface area is 179 Å². The monoisotopic (exact) mass is 438 g/mol. The van der Waals surface area contributed by atoms with Crippen molar-refractivity contribution in [3.8, 4) is 5.75 Å². The van der Waals surface area contributed by atoms with Crippen LogP contribution < -0.4 is 4.74 Å². The average molecular weight is 438 g/mol. The molecule has 7 nitrogen and oxygen atoms in total. The number of rotatable bonds is 4. The number of likely N-dealkylation sites (tertiary alicyclic amines) is 2. The molecule has 3 saturated heterocycles. The van der Waals surface area contributed by atoms with Crippen LogP contribution in [0, 0.1) is 17.0 Å². The van der Waals surface area contributed by atoms with E-state index in [4.69, 9.17) is 4.74 Å². The molecule has 1 N–H and O–H groups in total. The van der Waals surface area contributed by atoms with Crippen molar-refractivity contribution in [1.29, 1.82) is 0 Å². The molecule has 0 radical (unpaired) electrons. The van der Waals surface area contributed by atoms with Crippen LogP contribution in [-0.4, -0.2) is 78.8 Å². The fraction of sp³-hybridized carbons (Fsp3) is 0.636. The van der Waals surface area contributed by atoms with Gasteiger partial charge in [-0.05, 0) is 37.8 Å². The van der Waals surface area contributed by atoms with E-state index < -0.39 is 28.7 Å². The Morgan fingerprint density at radius 2 is 1.81 bits per heavy atom. The number of aliphatic hydroxyl groups is 1. The number of hydrogen-bond acceptors (Lipinski definition) is 6. The predicted molar refractivity (Wildman–Crippen MR) is 107 cm³/mol. The highest BCUT2D eigenvalue weighted by Gasteiger charge is 2.51. The van der Waals surface area contributed by atoms with Gasteiger partial charge in [-0.15, -0.1) is 0 Å². The molecule has 1 amide bonds. The van der Waals surface area contributed by atoms with E-state index in [1.165, 1.54) is 4.90 Å². The van der Waals surface area contributed by atoms with Gasteiger partial charge in [-0.2, -0.15) is 0 Å². The molecule has 3 aliphatic heterocycles.